The molecule has 6 heteroatoms. The van der Waals surface area contributed by atoms with Crippen LogP contribution in [0.1, 0.15) is 36.0 Å². The number of amides is 1. The number of aromatic nitrogens is 2. The van der Waals surface area contributed by atoms with Gasteiger partial charge in [0.25, 0.3) is 5.91 Å². The van der Waals surface area contributed by atoms with E-state index in [0.29, 0.717) is 11.4 Å². The number of carbonyl (C=O) groups is 1. The molecule has 1 aromatic carbocycles. The third-order valence-corrected chi connectivity index (χ3v) is 3.97. The Morgan fingerprint density at radius 1 is 1.27 bits per heavy atom. The van der Waals surface area contributed by atoms with Crippen molar-refractivity contribution in [2.75, 3.05) is 5.32 Å². The minimum absolute atomic E-state index is 0.201. The second kappa shape index (κ2) is 6.11. The summed E-state index contributed by atoms with van der Waals surface area (Å²) in [6, 6.07) is 9.22. The minimum Gasteiger partial charge on any atom is -0.360 e. The molecule has 0 saturated heterocycles. The molecule has 22 heavy (non-hydrogen) atoms. The SMILES string of the molecule is CC(C)c1cc(C(=O)Nc2ccc(-c3nccs3)cc2)no1. The van der Waals surface area contributed by atoms with Gasteiger partial charge in [-0.15, -0.1) is 11.3 Å². The van der Waals surface area contributed by atoms with Gasteiger partial charge in [-0.05, 0) is 24.3 Å². The van der Waals surface area contributed by atoms with Crippen LogP contribution in [-0.2, 0) is 0 Å². The first-order valence-electron chi connectivity index (χ1n) is 6.91. The summed E-state index contributed by atoms with van der Waals surface area (Å²) in [6.45, 7) is 3.97. The van der Waals surface area contributed by atoms with E-state index in [4.69, 9.17) is 4.52 Å². The summed E-state index contributed by atoms with van der Waals surface area (Å²) in [6.07, 6.45) is 1.77. The number of anilines is 1. The Balaban J connectivity index is 1.71. The van der Waals surface area contributed by atoms with Crippen LogP contribution in [-0.4, -0.2) is 16.0 Å². The first kappa shape index (κ1) is 14.5. The fourth-order valence-electron chi connectivity index (χ4n) is 1.93. The van der Waals surface area contributed by atoms with Gasteiger partial charge in [0.2, 0.25) is 0 Å². The van der Waals surface area contributed by atoms with Gasteiger partial charge in [-0.1, -0.05) is 19.0 Å². The van der Waals surface area contributed by atoms with E-state index < -0.39 is 0 Å². The van der Waals surface area contributed by atoms with Crippen molar-refractivity contribution < 1.29 is 9.32 Å². The fourth-order valence-corrected chi connectivity index (χ4v) is 2.57. The van der Waals surface area contributed by atoms with Crippen molar-refractivity contribution in [1.29, 1.82) is 0 Å². The molecular formula is C16H15N3O2S. The van der Waals surface area contributed by atoms with E-state index in [0.717, 1.165) is 10.6 Å². The molecule has 3 rings (SSSR count). The Morgan fingerprint density at radius 2 is 2.05 bits per heavy atom. The lowest BCUT2D eigenvalue weighted by Crippen LogP contribution is -2.12. The quantitative estimate of drug-likeness (QED) is 0.784. The van der Waals surface area contributed by atoms with E-state index in [1.807, 2.05) is 43.5 Å². The van der Waals surface area contributed by atoms with Gasteiger partial charge in [0.15, 0.2) is 5.69 Å². The first-order valence-corrected chi connectivity index (χ1v) is 7.79. The third-order valence-electron chi connectivity index (χ3n) is 3.15. The molecule has 0 aliphatic heterocycles. The molecule has 2 heterocycles. The number of rotatable bonds is 4. The van der Waals surface area contributed by atoms with Gasteiger partial charge in [-0.3, -0.25) is 4.79 Å². The molecule has 0 bridgehead atoms. The number of benzene rings is 1. The van der Waals surface area contributed by atoms with Crippen LogP contribution < -0.4 is 5.32 Å². The van der Waals surface area contributed by atoms with Gasteiger partial charge >= 0.3 is 0 Å². The molecule has 0 spiro atoms. The summed E-state index contributed by atoms with van der Waals surface area (Å²) < 4.78 is 5.14. The van der Waals surface area contributed by atoms with Gasteiger partial charge in [0.05, 0.1) is 0 Å². The van der Waals surface area contributed by atoms with Crippen molar-refractivity contribution in [2.45, 2.75) is 19.8 Å². The molecule has 0 radical (unpaired) electrons. The molecule has 1 amide bonds. The number of carbonyl (C=O) groups excluding carboxylic acids is 1. The fraction of sp³-hybridized carbons (Fsp3) is 0.188. The molecule has 1 N–H and O–H groups in total. The summed E-state index contributed by atoms with van der Waals surface area (Å²) >= 11 is 1.58. The van der Waals surface area contributed by atoms with Crippen LogP contribution in [0.4, 0.5) is 5.69 Å². The lowest BCUT2D eigenvalue weighted by molar-refractivity contribution is 0.101. The smallest absolute Gasteiger partial charge is 0.277 e. The maximum Gasteiger partial charge on any atom is 0.277 e. The van der Waals surface area contributed by atoms with Gasteiger partial charge in [-0.25, -0.2) is 4.98 Å². The Bertz CT molecular complexity index is 761. The Labute approximate surface area is 132 Å². The molecule has 0 unspecified atom stereocenters. The van der Waals surface area contributed by atoms with E-state index in [2.05, 4.69) is 15.5 Å². The number of nitrogens with one attached hydrogen (secondary N) is 1. The second-order valence-electron chi connectivity index (χ2n) is 5.14. The Morgan fingerprint density at radius 3 is 2.64 bits per heavy atom. The predicted molar refractivity (Wildman–Crippen MR) is 86.1 cm³/mol. The number of hydrogen-bond acceptors (Lipinski definition) is 5. The van der Waals surface area contributed by atoms with Crippen molar-refractivity contribution in [3.8, 4) is 10.6 Å². The highest BCUT2D eigenvalue weighted by atomic mass is 32.1. The minimum atomic E-state index is -0.280. The standard InChI is InChI=1S/C16H15N3O2S/c1-10(2)14-9-13(19-21-14)15(20)18-12-5-3-11(4-6-12)16-17-7-8-22-16/h3-10H,1-2H3,(H,18,20). The van der Waals surface area contributed by atoms with E-state index in [1.54, 1.807) is 23.6 Å². The Hall–Kier alpha value is -2.47. The van der Waals surface area contributed by atoms with E-state index in [-0.39, 0.29) is 17.5 Å². The van der Waals surface area contributed by atoms with Crippen LogP contribution in [0, 0.1) is 0 Å². The summed E-state index contributed by atoms with van der Waals surface area (Å²) in [4.78, 5) is 16.4. The maximum atomic E-state index is 12.1. The molecule has 0 aliphatic rings. The largest absolute Gasteiger partial charge is 0.360 e. The molecular weight excluding hydrogens is 298 g/mol. The van der Waals surface area contributed by atoms with E-state index in [1.165, 1.54) is 0 Å². The molecule has 0 fully saturated rings. The molecule has 112 valence electrons. The second-order valence-corrected chi connectivity index (χ2v) is 6.03. The van der Waals surface area contributed by atoms with Crippen molar-refractivity contribution in [2.24, 2.45) is 0 Å². The lowest BCUT2D eigenvalue weighted by Gasteiger charge is -2.03. The summed E-state index contributed by atoms with van der Waals surface area (Å²) in [5.41, 5.74) is 2.02. The van der Waals surface area contributed by atoms with Gasteiger partial charge in [0, 0.05) is 34.8 Å². The van der Waals surface area contributed by atoms with Gasteiger partial charge in [0.1, 0.15) is 10.8 Å². The first-order chi connectivity index (χ1) is 10.6. The zero-order valence-electron chi connectivity index (χ0n) is 12.2. The van der Waals surface area contributed by atoms with E-state index in [9.17, 15) is 4.79 Å². The van der Waals surface area contributed by atoms with Gasteiger partial charge < -0.3 is 9.84 Å². The zero-order valence-corrected chi connectivity index (χ0v) is 13.1. The average molecular weight is 313 g/mol. The number of thiazole rings is 1. The Kier molecular flexibility index (Phi) is 4.02. The van der Waals surface area contributed by atoms with Crippen LogP contribution in [0.25, 0.3) is 10.6 Å². The predicted octanol–water partition coefficient (Wildman–Crippen LogP) is 4.17. The van der Waals surface area contributed by atoms with Crippen LogP contribution in [0.3, 0.4) is 0 Å². The highest BCUT2D eigenvalue weighted by Gasteiger charge is 2.14. The third kappa shape index (κ3) is 3.07. The van der Waals surface area contributed by atoms with Crippen LogP contribution in [0.15, 0.2) is 46.4 Å². The van der Waals surface area contributed by atoms with Gasteiger partial charge in [-0.2, -0.15) is 0 Å². The maximum absolute atomic E-state index is 12.1. The van der Waals surface area contributed by atoms with Crippen LogP contribution in [0.2, 0.25) is 0 Å². The molecule has 0 aliphatic carbocycles. The number of hydrogen-bond donors (Lipinski definition) is 1. The normalized spacial score (nSPS) is 10.9. The van der Waals surface area contributed by atoms with Crippen LogP contribution >= 0.6 is 11.3 Å². The summed E-state index contributed by atoms with van der Waals surface area (Å²) in [7, 11) is 0. The number of nitrogens with zero attached hydrogens (tertiary/aromatic N) is 2. The lowest BCUT2D eigenvalue weighted by atomic mass is 10.1. The van der Waals surface area contributed by atoms with Crippen molar-refractivity contribution in [3.63, 3.8) is 0 Å². The van der Waals surface area contributed by atoms with E-state index >= 15 is 0 Å². The highest BCUT2D eigenvalue weighted by Crippen LogP contribution is 2.23. The van der Waals surface area contributed by atoms with Crippen molar-refractivity contribution >= 4 is 22.9 Å². The summed E-state index contributed by atoms with van der Waals surface area (Å²) in [5.74, 6) is 0.619. The summed E-state index contributed by atoms with van der Waals surface area (Å²) in [5, 5.41) is 9.49. The molecule has 5 nitrogen and oxygen atoms in total. The topological polar surface area (TPSA) is 68.0 Å². The highest BCUT2D eigenvalue weighted by molar-refractivity contribution is 7.13. The molecule has 0 saturated carbocycles. The van der Waals surface area contributed by atoms with Crippen LogP contribution in [0.5, 0.6) is 0 Å². The molecule has 0 atom stereocenters. The molecule has 2 aromatic heterocycles. The van der Waals surface area contributed by atoms with Crippen molar-refractivity contribution in [1.82, 2.24) is 10.1 Å². The average Bonchev–Trinajstić information content (AvgIpc) is 3.20. The zero-order chi connectivity index (χ0) is 15.5. The van der Waals surface area contributed by atoms with Crippen molar-refractivity contribution in [3.05, 3.63) is 53.4 Å². The molecule has 3 aromatic rings. The monoisotopic (exact) mass is 313 g/mol.